The van der Waals surface area contributed by atoms with Gasteiger partial charge in [-0.25, -0.2) is 9.97 Å². The second kappa shape index (κ2) is 7.54. The van der Waals surface area contributed by atoms with E-state index in [1.807, 2.05) is 26.2 Å². The van der Waals surface area contributed by atoms with Crippen LogP contribution in [0.1, 0.15) is 55.7 Å². The number of hydrogen-bond donors (Lipinski definition) is 3. The largest absolute Gasteiger partial charge is 0.394 e. The molecule has 0 amide bonds. The Morgan fingerprint density at radius 3 is 2.86 bits per heavy atom. The molecule has 0 aliphatic carbocycles. The average molecular weight is 423 g/mol. The summed E-state index contributed by atoms with van der Waals surface area (Å²) in [5.74, 6) is 0.516. The number of nitrogens with zero attached hydrogens (tertiary/aromatic N) is 2. The van der Waals surface area contributed by atoms with Crippen molar-refractivity contribution in [2.75, 3.05) is 18.5 Å². The molecule has 2 aliphatic rings. The highest BCUT2D eigenvalue weighted by atomic mass is 35.5. The number of piperidine rings is 1. The molecule has 6 nitrogen and oxygen atoms in total. The summed E-state index contributed by atoms with van der Waals surface area (Å²) in [5, 5.41) is 16.2. The van der Waals surface area contributed by atoms with E-state index in [1.54, 1.807) is 11.3 Å². The van der Waals surface area contributed by atoms with Gasteiger partial charge >= 0.3 is 0 Å². The van der Waals surface area contributed by atoms with Gasteiger partial charge in [0.2, 0.25) is 5.95 Å². The van der Waals surface area contributed by atoms with Crippen LogP contribution < -0.4 is 10.6 Å². The van der Waals surface area contributed by atoms with E-state index < -0.39 is 5.54 Å². The van der Waals surface area contributed by atoms with Crippen LogP contribution in [0.15, 0.2) is 18.5 Å². The number of ether oxygens (including phenoxy) is 1. The lowest BCUT2D eigenvalue weighted by molar-refractivity contribution is -0.0954. The van der Waals surface area contributed by atoms with Crippen molar-refractivity contribution in [1.29, 1.82) is 0 Å². The molecule has 1 spiro atoms. The second-order valence-corrected chi connectivity index (χ2v) is 10.2. The lowest BCUT2D eigenvalue weighted by Gasteiger charge is -2.46. The topological polar surface area (TPSA) is 79.3 Å². The minimum Gasteiger partial charge on any atom is -0.394 e. The normalized spacial score (nSPS) is 27.6. The van der Waals surface area contributed by atoms with Crippen LogP contribution in [0, 0.1) is 0 Å². The summed E-state index contributed by atoms with van der Waals surface area (Å²) in [6.45, 7) is 6.74. The summed E-state index contributed by atoms with van der Waals surface area (Å²) in [5.41, 5.74) is 1.61. The molecule has 152 valence electrons. The zero-order valence-electron chi connectivity index (χ0n) is 16.5. The van der Waals surface area contributed by atoms with Crippen LogP contribution in [0.2, 0.25) is 4.34 Å². The van der Waals surface area contributed by atoms with Crippen molar-refractivity contribution in [2.45, 2.75) is 63.3 Å². The van der Waals surface area contributed by atoms with Gasteiger partial charge in [0.15, 0.2) is 0 Å². The van der Waals surface area contributed by atoms with E-state index in [9.17, 15) is 5.11 Å². The second-order valence-electron chi connectivity index (χ2n) is 8.53. The molecule has 1 saturated heterocycles. The predicted octanol–water partition coefficient (Wildman–Crippen LogP) is 3.66. The molecule has 1 fully saturated rings. The maximum absolute atomic E-state index is 9.42. The molecule has 4 rings (SSSR count). The predicted molar refractivity (Wildman–Crippen MR) is 112 cm³/mol. The molecule has 3 atom stereocenters. The van der Waals surface area contributed by atoms with Gasteiger partial charge in [-0.1, -0.05) is 11.6 Å². The number of thiophene rings is 1. The van der Waals surface area contributed by atoms with Crippen LogP contribution in [0.4, 0.5) is 5.95 Å². The van der Waals surface area contributed by atoms with Crippen molar-refractivity contribution in [1.82, 2.24) is 15.3 Å². The lowest BCUT2D eigenvalue weighted by atomic mass is 9.78. The van der Waals surface area contributed by atoms with Crippen LogP contribution in [-0.2, 0) is 16.8 Å². The van der Waals surface area contributed by atoms with Crippen molar-refractivity contribution in [3.63, 3.8) is 0 Å². The van der Waals surface area contributed by atoms with Gasteiger partial charge in [0.1, 0.15) is 5.60 Å². The number of aliphatic hydroxyl groups excluding tert-OH is 1. The van der Waals surface area contributed by atoms with E-state index >= 15 is 0 Å². The average Bonchev–Trinajstić information content (AvgIpc) is 3.04. The minimum atomic E-state index is -0.464. The first-order valence-corrected chi connectivity index (χ1v) is 10.9. The van der Waals surface area contributed by atoms with Crippen molar-refractivity contribution in [3.8, 4) is 0 Å². The van der Waals surface area contributed by atoms with Crippen molar-refractivity contribution >= 4 is 28.9 Å². The van der Waals surface area contributed by atoms with E-state index in [-0.39, 0.29) is 18.2 Å². The van der Waals surface area contributed by atoms with E-state index in [4.69, 9.17) is 16.3 Å². The molecule has 0 bridgehead atoms. The molecule has 3 N–H and O–H groups in total. The zero-order valence-corrected chi connectivity index (χ0v) is 18.0. The molecule has 28 heavy (non-hydrogen) atoms. The van der Waals surface area contributed by atoms with Gasteiger partial charge in [-0.15, -0.1) is 11.3 Å². The van der Waals surface area contributed by atoms with Gasteiger partial charge in [-0.05, 0) is 45.2 Å². The molecular formula is C20H27ClN4O2S. The van der Waals surface area contributed by atoms with Crippen molar-refractivity contribution in [2.24, 2.45) is 0 Å². The number of fused-ring (bicyclic) bond motifs is 2. The maximum atomic E-state index is 9.42. The summed E-state index contributed by atoms with van der Waals surface area (Å²) >= 11 is 7.98. The Balaban J connectivity index is 1.58. The molecule has 2 aliphatic heterocycles. The fraction of sp³-hybridized carbons (Fsp3) is 0.600. The van der Waals surface area contributed by atoms with Crippen LogP contribution in [0.3, 0.4) is 0 Å². The molecule has 0 aromatic carbocycles. The number of anilines is 1. The smallest absolute Gasteiger partial charge is 0.223 e. The number of aromatic nitrogens is 2. The van der Waals surface area contributed by atoms with Gasteiger partial charge in [0, 0.05) is 41.3 Å². The van der Waals surface area contributed by atoms with Gasteiger partial charge < -0.3 is 20.5 Å². The third-order valence-corrected chi connectivity index (χ3v) is 7.01. The molecule has 2 aromatic heterocycles. The van der Waals surface area contributed by atoms with Crippen LogP contribution in [-0.4, -0.2) is 39.9 Å². The van der Waals surface area contributed by atoms with E-state index in [0.29, 0.717) is 12.0 Å². The number of halogens is 1. The molecule has 4 heterocycles. The summed E-state index contributed by atoms with van der Waals surface area (Å²) in [6.07, 6.45) is 6.41. The van der Waals surface area contributed by atoms with Crippen molar-refractivity contribution < 1.29 is 9.84 Å². The summed E-state index contributed by atoms with van der Waals surface area (Å²) in [7, 11) is 0. The quantitative estimate of drug-likeness (QED) is 0.697. The number of rotatable bonds is 4. The van der Waals surface area contributed by atoms with Crippen molar-refractivity contribution in [3.05, 3.63) is 38.8 Å². The van der Waals surface area contributed by atoms with Gasteiger partial charge in [0.25, 0.3) is 0 Å². The van der Waals surface area contributed by atoms with Gasteiger partial charge in [-0.3, -0.25) is 0 Å². The molecular weight excluding hydrogens is 396 g/mol. The first kappa shape index (κ1) is 20.0. The molecule has 0 unspecified atom stereocenters. The van der Waals surface area contributed by atoms with Gasteiger partial charge in [-0.2, -0.15) is 0 Å². The highest BCUT2D eigenvalue weighted by Crippen LogP contribution is 2.49. The first-order chi connectivity index (χ1) is 13.3. The Bertz CT molecular complexity index is 841. The maximum Gasteiger partial charge on any atom is 0.223 e. The Hall–Kier alpha value is -1.25. The van der Waals surface area contributed by atoms with Crippen LogP contribution in [0.25, 0.3) is 0 Å². The van der Waals surface area contributed by atoms with E-state index in [1.165, 1.54) is 10.4 Å². The van der Waals surface area contributed by atoms with Crippen LogP contribution >= 0.6 is 22.9 Å². The molecule has 0 radical (unpaired) electrons. The molecule has 8 heteroatoms. The van der Waals surface area contributed by atoms with Gasteiger partial charge in [0.05, 0.1) is 23.1 Å². The van der Waals surface area contributed by atoms with Crippen LogP contribution in [0.5, 0.6) is 0 Å². The fourth-order valence-electron chi connectivity index (χ4n) is 4.20. The summed E-state index contributed by atoms with van der Waals surface area (Å²) in [6, 6.07) is 2.51. The lowest BCUT2D eigenvalue weighted by Crippen LogP contribution is -2.49. The standard InChI is InChI=1S/C20H27ClN4O2S/c1-12-7-20(17-13(4-5-27-20)6-16(21)28-17)8-15(24-12)14-9-22-18(23-10-14)25-19(2,3)11-26/h6,9-10,12,15,24,26H,4-5,7-8,11H2,1-3H3,(H,22,23,25)/t12-,15-,20-/m0/s1. The molecule has 0 saturated carbocycles. The number of nitrogens with one attached hydrogen (secondary N) is 2. The first-order valence-electron chi connectivity index (χ1n) is 9.70. The molecule has 2 aromatic rings. The highest BCUT2D eigenvalue weighted by Gasteiger charge is 2.46. The third-order valence-electron chi connectivity index (χ3n) is 5.52. The number of hydrogen-bond acceptors (Lipinski definition) is 7. The third kappa shape index (κ3) is 3.91. The zero-order chi connectivity index (χ0) is 19.9. The minimum absolute atomic E-state index is 0.00533. The summed E-state index contributed by atoms with van der Waals surface area (Å²) < 4.78 is 7.24. The van der Waals surface area contributed by atoms with E-state index in [2.05, 4.69) is 33.6 Å². The Kier molecular flexibility index (Phi) is 5.39. The SMILES string of the molecule is C[C@H]1C[C@@]2(C[C@@H](c3cnc(NC(C)(C)CO)nc3)N1)OCCc1cc(Cl)sc12. The monoisotopic (exact) mass is 422 g/mol. The van der Waals surface area contributed by atoms with E-state index in [0.717, 1.165) is 35.8 Å². The fourth-order valence-corrected chi connectivity index (χ4v) is 5.66. The Labute approximate surface area is 174 Å². The Morgan fingerprint density at radius 2 is 2.14 bits per heavy atom. The number of aliphatic hydroxyl groups is 1. The summed E-state index contributed by atoms with van der Waals surface area (Å²) in [4.78, 5) is 10.2. The highest BCUT2D eigenvalue weighted by molar-refractivity contribution is 7.16. The Morgan fingerprint density at radius 1 is 1.39 bits per heavy atom.